The molecule has 0 amide bonds. The zero-order valence-corrected chi connectivity index (χ0v) is 12.3. The van der Waals surface area contributed by atoms with Crippen molar-refractivity contribution in [3.8, 4) is 5.75 Å². The molecule has 19 heavy (non-hydrogen) atoms. The van der Waals surface area contributed by atoms with Gasteiger partial charge in [-0.3, -0.25) is 0 Å². The van der Waals surface area contributed by atoms with E-state index >= 15 is 0 Å². The summed E-state index contributed by atoms with van der Waals surface area (Å²) in [6.07, 6.45) is 0. The molecule has 0 radical (unpaired) electrons. The van der Waals surface area contributed by atoms with Gasteiger partial charge in [-0.05, 0) is 41.5 Å². The van der Waals surface area contributed by atoms with Crippen LogP contribution in [0.3, 0.4) is 0 Å². The van der Waals surface area contributed by atoms with E-state index in [1.165, 1.54) is 12.1 Å². The SMILES string of the molecule is Oc1ccc(CNCc2cc(F)ccc2Br)cc1Cl. The molecule has 0 spiro atoms. The van der Waals surface area contributed by atoms with E-state index in [4.69, 9.17) is 11.6 Å². The van der Waals surface area contributed by atoms with Crippen molar-refractivity contribution in [3.05, 3.63) is 62.8 Å². The van der Waals surface area contributed by atoms with Crippen molar-refractivity contribution < 1.29 is 9.50 Å². The Morgan fingerprint density at radius 2 is 1.95 bits per heavy atom. The molecule has 0 bridgehead atoms. The molecular weight excluding hydrogens is 333 g/mol. The molecule has 2 nitrogen and oxygen atoms in total. The largest absolute Gasteiger partial charge is 0.506 e. The van der Waals surface area contributed by atoms with Crippen molar-refractivity contribution in [2.24, 2.45) is 0 Å². The number of phenolic OH excluding ortho intramolecular Hbond substituents is 1. The normalized spacial score (nSPS) is 10.7. The molecule has 2 aromatic rings. The lowest BCUT2D eigenvalue weighted by Crippen LogP contribution is -2.13. The highest BCUT2D eigenvalue weighted by Crippen LogP contribution is 2.23. The lowest BCUT2D eigenvalue weighted by atomic mass is 10.2. The predicted molar refractivity (Wildman–Crippen MR) is 77.8 cm³/mol. The summed E-state index contributed by atoms with van der Waals surface area (Å²) < 4.78 is 14.0. The van der Waals surface area contributed by atoms with Crippen LogP contribution >= 0.6 is 27.5 Å². The predicted octanol–water partition coefficient (Wildman–Crippen LogP) is 4.24. The number of rotatable bonds is 4. The van der Waals surface area contributed by atoms with Crippen molar-refractivity contribution in [1.82, 2.24) is 5.32 Å². The molecule has 2 rings (SSSR count). The van der Waals surface area contributed by atoms with Gasteiger partial charge in [0.1, 0.15) is 11.6 Å². The van der Waals surface area contributed by atoms with E-state index < -0.39 is 0 Å². The van der Waals surface area contributed by atoms with Crippen molar-refractivity contribution in [1.29, 1.82) is 0 Å². The summed E-state index contributed by atoms with van der Waals surface area (Å²) in [7, 11) is 0. The van der Waals surface area contributed by atoms with Crippen LogP contribution < -0.4 is 5.32 Å². The van der Waals surface area contributed by atoms with E-state index in [9.17, 15) is 9.50 Å². The van der Waals surface area contributed by atoms with E-state index in [1.54, 1.807) is 24.3 Å². The van der Waals surface area contributed by atoms with Crippen LogP contribution in [0.4, 0.5) is 4.39 Å². The quantitative estimate of drug-likeness (QED) is 0.869. The topological polar surface area (TPSA) is 32.3 Å². The first-order valence-corrected chi connectivity index (χ1v) is 6.85. The minimum absolute atomic E-state index is 0.0679. The fraction of sp³-hybridized carbons (Fsp3) is 0.143. The average Bonchev–Trinajstić information content (AvgIpc) is 2.38. The second kappa shape index (κ2) is 6.37. The Labute approximate surface area is 124 Å². The Balaban J connectivity index is 1.96. The Hall–Kier alpha value is -1.10. The van der Waals surface area contributed by atoms with E-state index in [1.807, 2.05) is 0 Å². The van der Waals surface area contributed by atoms with Crippen LogP contribution in [-0.2, 0) is 13.1 Å². The van der Waals surface area contributed by atoms with E-state index in [-0.39, 0.29) is 11.6 Å². The summed E-state index contributed by atoms with van der Waals surface area (Å²) in [5.41, 5.74) is 1.81. The Morgan fingerprint density at radius 3 is 2.68 bits per heavy atom. The standard InChI is InChI=1S/C14H12BrClFNO/c15-12-3-2-11(17)6-10(12)8-18-7-9-1-4-14(19)13(16)5-9/h1-6,18-19H,7-8H2. The van der Waals surface area contributed by atoms with Crippen LogP contribution in [0.2, 0.25) is 5.02 Å². The molecule has 0 atom stereocenters. The van der Waals surface area contributed by atoms with E-state index in [0.717, 1.165) is 15.6 Å². The highest BCUT2D eigenvalue weighted by Gasteiger charge is 2.03. The van der Waals surface area contributed by atoms with Gasteiger partial charge in [0.15, 0.2) is 0 Å². The van der Waals surface area contributed by atoms with Crippen molar-refractivity contribution in [3.63, 3.8) is 0 Å². The molecule has 2 N–H and O–H groups in total. The number of hydrogen-bond donors (Lipinski definition) is 2. The van der Waals surface area contributed by atoms with Gasteiger partial charge < -0.3 is 10.4 Å². The van der Waals surface area contributed by atoms with Gasteiger partial charge >= 0.3 is 0 Å². The fourth-order valence-corrected chi connectivity index (χ4v) is 2.27. The van der Waals surface area contributed by atoms with Gasteiger partial charge in [0.2, 0.25) is 0 Å². The summed E-state index contributed by atoms with van der Waals surface area (Å²) in [6.45, 7) is 1.12. The molecule has 0 aliphatic carbocycles. The summed E-state index contributed by atoms with van der Waals surface area (Å²) >= 11 is 9.20. The van der Waals surface area contributed by atoms with Crippen LogP contribution in [-0.4, -0.2) is 5.11 Å². The maximum atomic E-state index is 13.1. The molecule has 2 aromatic carbocycles. The summed E-state index contributed by atoms with van der Waals surface area (Å²) in [6, 6.07) is 9.62. The van der Waals surface area contributed by atoms with Gasteiger partial charge in [0.05, 0.1) is 5.02 Å². The van der Waals surface area contributed by atoms with Crippen molar-refractivity contribution in [2.75, 3.05) is 0 Å². The molecule has 0 fully saturated rings. The smallest absolute Gasteiger partial charge is 0.134 e. The Morgan fingerprint density at radius 1 is 1.16 bits per heavy atom. The molecule has 0 heterocycles. The molecular formula is C14H12BrClFNO. The fourth-order valence-electron chi connectivity index (χ4n) is 1.68. The van der Waals surface area contributed by atoms with E-state index in [0.29, 0.717) is 18.1 Å². The van der Waals surface area contributed by atoms with Crippen LogP contribution in [0.5, 0.6) is 5.75 Å². The van der Waals surface area contributed by atoms with Gasteiger partial charge in [-0.1, -0.05) is 33.6 Å². The van der Waals surface area contributed by atoms with Crippen molar-refractivity contribution >= 4 is 27.5 Å². The molecule has 0 unspecified atom stereocenters. The van der Waals surface area contributed by atoms with E-state index in [2.05, 4.69) is 21.2 Å². The Kier molecular flexibility index (Phi) is 4.80. The van der Waals surface area contributed by atoms with Crippen LogP contribution in [0, 0.1) is 5.82 Å². The molecule has 0 aliphatic rings. The first-order valence-electron chi connectivity index (χ1n) is 5.68. The van der Waals surface area contributed by atoms with Crippen molar-refractivity contribution in [2.45, 2.75) is 13.1 Å². The monoisotopic (exact) mass is 343 g/mol. The van der Waals surface area contributed by atoms with Gasteiger partial charge in [-0.2, -0.15) is 0 Å². The number of hydrogen-bond acceptors (Lipinski definition) is 2. The Bertz CT molecular complexity index is 592. The number of halogens is 3. The highest BCUT2D eigenvalue weighted by atomic mass is 79.9. The third-order valence-electron chi connectivity index (χ3n) is 2.66. The number of nitrogens with one attached hydrogen (secondary N) is 1. The first kappa shape index (κ1) is 14.3. The summed E-state index contributed by atoms with van der Waals surface area (Å²) in [5.74, 6) is -0.189. The number of benzene rings is 2. The maximum absolute atomic E-state index is 13.1. The maximum Gasteiger partial charge on any atom is 0.134 e. The second-order valence-electron chi connectivity index (χ2n) is 4.13. The third-order valence-corrected chi connectivity index (χ3v) is 3.74. The molecule has 0 aromatic heterocycles. The number of aromatic hydroxyl groups is 1. The summed E-state index contributed by atoms with van der Waals surface area (Å²) in [5, 5.41) is 12.8. The van der Waals surface area contributed by atoms with Gasteiger partial charge in [-0.25, -0.2) is 4.39 Å². The van der Waals surface area contributed by atoms with Crippen LogP contribution in [0.15, 0.2) is 40.9 Å². The highest BCUT2D eigenvalue weighted by molar-refractivity contribution is 9.10. The van der Waals surface area contributed by atoms with Gasteiger partial charge in [-0.15, -0.1) is 0 Å². The lowest BCUT2D eigenvalue weighted by molar-refractivity contribution is 0.475. The van der Waals surface area contributed by atoms with Gasteiger partial charge in [0, 0.05) is 17.6 Å². The third kappa shape index (κ3) is 3.93. The lowest BCUT2D eigenvalue weighted by Gasteiger charge is -2.08. The zero-order valence-electron chi connectivity index (χ0n) is 9.96. The van der Waals surface area contributed by atoms with Gasteiger partial charge in [0.25, 0.3) is 0 Å². The second-order valence-corrected chi connectivity index (χ2v) is 5.39. The summed E-state index contributed by atoms with van der Waals surface area (Å²) in [4.78, 5) is 0. The van der Waals surface area contributed by atoms with Crippen LogP contribution in [0.25, 0.3) is 0 Å². The molecule has 0 saturated heterocycles. The van der Waals surface area contributed by atoms with Crippen LogP contribution in [0.1, 0.15) is 11.1 Å². The average molecular weight is 345 g/mol. The molecule has 0 saturated carbocycles. The zero-order chi connectivity index (χ0) is 13.8. The molecule has 100 valence electrons. The minimum Gasteiger partial charge on any atom is -0.506 e. The molecule has 0 aliphatic heterocycles. The number of phenols is 1. The minimum atomic E-state index is -0.257. The first-order chi connectivity index (χ1) is 9.06. The molecule has 5 heteroatoms.